The monoisotopic (exact) mass is 410 g/mol. The molecule has 0 radical (unpaired) electrons. The van der Waals surface area contributed by atoms with Gasteiger partial charge in [0.2, 0.25) is 11.7 Å². The van der Waals surface area contributed by atoms with Crippen molar-refractivity contribution in [1.82, 2.24) is 29.4 Å². The molecule has 1 saturated carbocycles. The Morgan fingerprint density at radius 3 is 2.79 bits per heavy atom. The first-order chi connectivity index (χ1) is 14.1. The van der Waals surface area contributed by atoms with E-state index in [4.69, 9.17) is 4.42 Å². The molecule has 0 saturated heterocycles. The number of thioether (sulfide) groups is 1. The van der Waals surface area contributed by atoms with Crippen LogP contribution in [0.25, 0.3) is 16.7 Å². The number of aryl methyl sites for hydroxylation is 2. The fourth-order valence-electron chi connectivity index (χ4n) is 4.07. The summed E-state index contributed by atoms with van der Waals surface area (Å²) in [7, 11) is 1.72. The molecule has 0 N–H and O–H groups in total. The molecule has 3 heterocycles. The van der Waals surface area contributed by atoms with Crippen LogP contribution in [-0.4, -0.2) is 29.4 Å². The summed E-state index contributed by atoms with van der Waals surface area (Å²) in [6, 6.07) is 5.85. The Hall–Kier alpha value is -2.68. The van der Waals surface area contributed by atoms with Crippen molar-refractivity contribution >= 4 is 28.4 Å². The molecule has 0 spiro atoms. The van der Waals surface area contributed by atoms with E-state index in [1.165, 1.54) is 35.6 Å². The minimum Gasteiger partial charge on any atom is -0.416 e. The van der Waals surface area contributed by atoms with E-state index in [0.717, 1.165) is 35.6 Å². The minimum absolute atomic E-state index is 0.0724. The van der Waals surface area contributed by atoms with Gasteiger partial charge in [-0.25, -0.2) is 0 Å². The third kappa shape index (κ3) is 3.23. The number of aromatic nitrogens is 6. The molecule has 0 atom stereocenters. The molecule has 1 aliphatic rings. The predicted octanol–water partition coefficient (Wildman–Crippen LogP) is 3.61. The van der Waals surface area contributed by atoms with Crippen molar-refractivity contribution in [3.63, 3.8) is 0 Å². The Labute approximate surface area is 171 Å². The van der Waals surface area contributed by atoms with E-state index in [0.29, 0.717) is 28.1 Å². The van der Waals surface area contributed by atoms with Gasteiger partial charge in [0.25, 0.3) is 10.8 Å². The molecule has 0 aliphatic heterocycles. The van der Waals surface area contributed by atoms with Gasteiger partial charge < -0.3 is 4.42 Å². The maximum Gasteiger partial charge on any atom is 0.277 e. The summed E-state index contributed by atoms with van der Waals surface area (Å²) < 4.78 is 9.38. The largest absolute Gasteiger partial charge is 0.416 e. The summed E-state index contributed by atoms with van der Waals surface area (Å²) >= 11 is 1.45. The van der Waals surface area contributed by atoms with Crippen molar-refractivity contribution in [2.75, 3.05) is 0 Å². The highest BCUT2D eigenvalue weighted by Gasteiger charge is 2.22. The standard InChI is InChI=1S/C20H22N6O2S/c1-12-8-9-15-14(10-12)18(27)25(2)19-23-21-16(26(15)19)11-29-20-24-22-17(28-20)13-6-4-3-5-7-13/h8-10,13H,3-7,11H2,1-2H3. The highest BCUT2D eigenvalue weighted by molar-refractivity contribution is 7.98. The van der Waals surface area contributed by atoms with Crippen molar-refractivity contribution in [3.05, 3.63) is 45.8 Å². The number of rotatable bonds is 4. The van der Waals surface area contributed by atoms with E-state index >= 15 is 0 Å². The Balaban J connectivity index is 1.46. The van der Waals surface area contributed by atoms with Crippen LogP contribution in [0.15, 0.2) is 32.6 Å². The van der Waals surface area contributed by atoms with Crippen LogP contribution in [0.1, 0.15) is 55.3 Å². The third-order valence-electron chi connectivity index (χ3n) is 5.64. The number of hydrogen-bond donors (Lipinski definition) is 0. The molecule has 1 fully saturated rings. The summed E-state index contributed by atoms with van der Waals surface area (Å²) in [5.74, 6) is 2.93. The van der Waals surface area contributed by atoms with Crippen LogP contribution in [0, 0.1) is 6.92 Å². The lowest BCUT2D eigenvalue weighted by Gasteiger charge is -2.17. The van der Waals surface area contributed by atoms with Crippen LogP contribution in [0.5, 0.6) is 0 Å². The van der Waals surface area contributed by atoms with Crippen molar-refractivity contribution in [2.24, 2.45) is 7.05 Å². The van der Waals surface area contributed by atoms with E-state index in [9.17, 15) is 4.79 Å². The first-order valence-electron chi connectivity index (χ1n) is 9.91. The summed E-state index contributed by atoms with van der Waals surface area (Å²) in [4.78, 5) is 12.7. The van der Waals surface area contributed by atoms with Crippen molar-refractivity contribution in [1.29, 1.82) is 0 Å². The zero-order valence-electron chi connectivity index (χ0n) is 16.5. The second-order valence-electron chi connectivity index (χ2n) is 7.67. The van der Waals surface area contributed by atoms with Crippen LogP contribution >= 0.6 is 11.8 Å². The molecular weight excluding hydrogens is 388 g/mol. The zero-order valence-corrected chi connectivity index (χ0v) is 17.3. The van der Waals surface area contributed by atoms with Crippen LogP contribution in [-0.2, 0) is 12.8 Å². The molecule has 0 unspecified atom stereocenters. The summed E-state index contributed by atoms with van der Waals surface area (Å²) in [6.07, 6.45) is 6.00. The minimum atomic E-state index is -0.0724. The summed E-state index contributed by atoms with van der Waals surface area (Å²) in [5, 5.41) is 18.2. The van der Waals surface area contributed by atoms with E-state index in [-0.39, 0.29) is 5.56 Å². The lowest BCUT2D eigenvalue weighted by Crippen LogP contribution is -2.20. The number of nitrogens with zero attached hydrogens (tertiary/aromatic N) is 6. The highest BCUT2D eigenvalue weighted by atomic mass is 32.2. The topological polar surface area (TPSA) is 91.1 Å². The number of hydrogen-bond acceptors (Lipinski definition) is 7. The Kier molecular flexibility index (Phi) is 4.61. The predicted molar refractivity (Wildman–Crippen MR) is 110 cm³/mol. The van der Waals surface area contributed by atoms with Gasteiger partial charge in [-0.3, -0.25) is 13.8 Å². The SMILES string of the molecule is Cc1ccc2c(c1)c(=O)n(C)c1nnc(CSc3nnc(C4CCCCC4)o3)n21. The van der Waals surface area contributed by atoms with Gasteiger partial charge in [-0.15, -0.1) is 20.4 Å². The van der Waals surface area contributed by atoms with Crippen LogP contribution < -0.4 is 5.56 Å². The number of benzene rings is 1. The molecular formula is C20H22N6O2S. The van der Waals surface area contributed by atoms with Crippen molar-refractivity contribution in [2.45, 2.75) is 55.9 Å². The maximum atomic E-state index is 12.7. The van der Waals surface area contributed by atoms with E-state index < -0.39 is 0 Å². The van der Waals surface area contributed by atoms with Gasteiger partial charge in [0, 0.05) is 13.0 Å². The van der Waals surface area contributed by atoms with E-state index in [1.54, 1.807) is 7.05 Å². The first kappa shape index (κ1) is 18.4. The fourth-order valence-corrected chi connectivity index (χ4v) is 4.75. The van der Waals surface area contributed by atoms with Crippen LogP contribution in [0.4, 0.5) is 0 Å². The molecule has 8 nitrogen and oxygen atoms in total. The molecule has 1 aromatic carbocycles. The average Bonchev–Trinajstić information content (AvgIpc) is 3.38. The van der Waals surface area contributed by atoms with Gasteiger partial charge >= 0.3 is 0 Å². The van der Waals surface area contributed by atoms with Gasteiger partial charge in [-0.2, -0.15) is 0 Å². The smallest absolute Gasteiger partial charge is 0.277 e. The second kappa shape index (κ2) is 7.29. The molecule has 0 bridgehead atoms. The second-order valence-corrected chi connectivity index (χ2v) is 8.59. The molecule has 9 heteroatoms. The molecule has 5 rings (SSSR count). The normalized spacial score (nSPS) is 15.5. The average molecular weight is 411 g/mol. The molecule has 0 amide bonds. The van der Waals surface area contributed by atoms with Gasteiger partial charge in [-0.1, -0.05) is 42.7 Å². The van der Waals surface area contributed by atoms with E-state index in [1.807, 2.05) is 29.5 Å². The molecule has 150 valence electrons. The fraction of sp³-hybridized carbons (Fsp3) is 0.450. The van der Waals surface area contributed by atoms with Gasteiger partial charge in [0.15, 0.2) is 0 Å². The van der Waals surface area contributed by atoms with E-state index in [2.05, 4.69) is 20.4 Å². The zero-order chi connectivity index (χ0) is 20.0. The van der Waals surface area contributed by atoms with Crippen molar-refractivity contribution < 1.29 is 4.42 Å². The van der Waals surface area contributed by atoms with Crippen LogP contribution in [0.2, 0.25) is 0 Å². The first-order valence-corrected chi connectivity index (χ1v) is 10.9. The summed E-state index contributed by atoms with van der Waals surface area (Å²) in [6.45, 7) is 1.98. The lowest BCUT2D eigenvalue weighted by atomic mass is 9.89. The van der Waals surface area contributed by atoms with Gasteiger partial charge in [0.05, 0.1) is 16.7 Å². The lowest BCUT2D eigenvalue weighted by molar-refractivity contribution is 0.334. The maximum absolute atomic E-state index is 12.7. The highest BCUT2D eigenvalue weighted by Crippen LogP contribution is 2.33. The molecule has 1 aliphatic carbocycles. The quantitative estimate of drug-likeness (QED) is 0.475. The third-order valence-corrected chi connectivity index (χ3v) is 6.46. The molecule has 4 aromatic rings. The molecule has 29 heavy (non-hydrogen) atoms. The molecule has 3 aromatic heterocycles. The Bertz CT molecular complexity index is 1250. The summed E-state index contributed by atoms with van der Waals surface area (Å²) in [5.41, 5.74) is 1.78. The van der Waals surface area contributed by atoms with Gasteiger partial charge in [0.1, 0.15) is 5.82 Å². The van der Waals surface area contributed by atoms with Gasteiger partial charge in [-0.05, 0) is 31.9 Å². The van der Waals surface area contributed by atoms with Crippen LogP contribution in [0.3, 0.4) is 0 Å². The Morgan fingerprint density at radius 2 is 1.97 bits per heavy atom. The number of fused-ring (bicyclic) bond motifs is 3. The Morgan fingerprint density at radius 1 is 1.14 bits per heavy atom. The van der Waals surface area contributed by atoms with Crippen molar-refractivity contribution in [3.8, 4) is 0 Å².